The molecule has 0 saturated heterocycles. The van der Waals surface area contributed by atoms with Crippen molar-refractivity contribution in [1.82, 2.24) is 0 Å². The molecule has 0 radical (unpaired) electrons. The van der Waals surface area contributed by atoms with Crippen LogP contribution in [0.15, 0.2) is 24.3 Å². The fourth-order valence-corrected chi connectivity index (χ4v) is 2.30. The second-order valence-electron chi connectivity index (χ2n) is 6.18. The number of hydrogen-bond donors (Lipinski definition) is 0. The molecule has 0 aliphatic rings. The van der Waals surface area contributed by atoms with E-state index in [9.17, 15) is 0 Å². The molecule has 0 aromatic heterocycles. The zero-order chi connectivity index (χ0) is 16.5. The van der Waals surface area contributed by atoms with Crippen molar-refractivity contribution in [2.45, 2.75) is 78.1 Å². The monoisotopic (exact) mass is 298 g/mol. The lowest BCUT2D eigenvalue weighted by Gasteiger charge is -2.11. The van der Waals surface area contributed by atoms with Crippen LogP contribution < -0.4 is 0 Å². The molecule has 0 spiro atoms. The van der Waals surface area contributed by atoms with Crippen LogP contribution in [0.5, 0.6) is 0 Å². The van der Waals surface area contributed by atoms with Gasteiger partial charge in [0.05, 0.1) is 0 Å². The molecule has 0 aromatic carbocycles. The number of terminal acetylenes is 2. The Labute approximate surface area is 139 Å². The van der Waals surface area contributed by atoms with Crippen molar-refractivity contribution in [2.75, 3.05) is 0 Å². The molecule has 0 amide bonds. The Balaban J connectivity index is 3.66. The first-order valence-electron chi connectivity index (χ1n) is 8.92. The molecular formula is C22H34. The lowest BCUT2D eigenvalue weighted by atomic mass is 9.94. The van der Waals surface area contributed by atoms with Crippen LogP contribution in [0.25, 0.3) is 0 Å². The van der Waals surface area contributed by atoms with Gasteiger partial charge in [0.15, 0.2) is 0 Å². The lowest BCUT2D eigenvalue weighted by molar-refractivity contribution is 0.553. The van der Waals surface area contributed by atoms with E-state index in [1.807, 2.05) is 0 Å². The summed E-state index contributed by atoms with van der Waals surface area (Å²) in [5, 5.41) is 0. The Morgan fingerprint density at radius 2 is 1.09 bits per heavy atom. The quantitative estimate of drug-likeness (QED) is 0.206. The Morgan fingerprint density at radius 3 is 1.45 bits per heavy atom. The third kappa shape index (κ3) is 13.6. The fraction of sp³-hybridized carbons (Fsp3) is 0.636. The largest absolute Gasteiger partial charge is 0.120 e. The molecule has 0 bridgehead atoms. The minimum atomic E-state index is 0.614. The maximum absolute atomic E-state index is 5.24. The molecule has 2 atom stereocenters. The van der Waals surface area contributed by atoms with Gasteiger partial charge in [0.2, 0.25) is 0 Å². The van der Waals surface area contributed by atoms with Gasteiger partial charge in [-0.25, -0.2) is 0 Å². The minimum absolute atomic E-state index is 0.614. The van der Waals surface area contributed by atoms with Crippen LogP contribution in [0.3, 0.4) is 0 Å². The average molecular weight is 299 g/mol. The van der Waals surface area contributed by atoms with Gasteiger partial charge in [-0.2, -0.15) is 0 Å². The highest BCUT2D eigenvalue weighted by Gasteiger charge is 2.04. The van der Waals surface area contributed by atoms with Crippen molar-refractivity contribution in [2.24, 2.45) is 11.8 Å². The first-order valence-corrected chi connectivity index (χ1v) is 8.92. The van der Waals surface area contributed by atoms with Crippen molar-refractivity contribution in [3.63, 3.8) is 0 Å². The molecule has 0 saturated carbocycles. The van der Waals surface area contributed by atoms with Crippen molar-refractivity contribution in [3.05, 3.63) is 24.3 Å². The van der Waals surface area contributed by atoms with E-state index in [-0.39, 0.29) is 0 Å². The van der Waals surface area contributed by atoms with Crippen LogP contribution in [0.4, 0.5) is 0 Å². The lowest BCUT2D eigenvalue weighted by Crippen LogP contribution is -2.01. The molecule has 0 aliphatic heterocycles. The van der Waals surface area contributed by atoms with Crippen LogP contribution in [-0.4, -0.2) is 0 Å². The molecular weight excluding hydrogens is 264 g/mol. The Morgan fingerprint density at radius 1 is 0.682 bits per heavy atom. The zero-order valence-electron chi connectivity index (χ0n) is 14.7. The Hall–Kier alpha value is -1.40. The first-order chi connectivity index (χ1) is 10.7. The summed E-state index contributed by atoms with van der Waals surface area (Å²) in [7, 11) is 0. The molecule has 0 nitrogen and oxygen atoms in total. The van der Waals surface area contributed by atoms with Crippen LogP contribution >= 0.6 is 0 Å². The standard InChI is InChI=1S/C22H34/c1-5-7-9-11-13-15-17-19-21(3)22(4)20-18-16-14-12-10-8-6-2/h1-2,17-22H,7-16H2,3-4H3/b19-17-,20-18-. The summed E-state index contributed by atoms with van der Waals surface area (Å²) in [5.74, 6) is 6.62. The Bertz CT molecular complexity index is 334. The SMILES string of the molecule is C#CCCCCC/C=C\C(C)C(C)/C=C\CCCCCC#C. The Kier molecular flexibility index (Phi) is 15.0. The summed E-state index contributed by atoms with van der Waals surface area (Å²) >= 11 is 0. The van der Waals surface area contributed by atoms with Gasteiger partial charge >= 0.3 is 0 Å². The van der Waals surface area contributed by atoms with E-state index >= 15 is 0 Å². The van der Waals surface area contributed by atoms with Crippen LogP contribution in [0, 0.1) is 36.5 Å². The summed E-state index contributed by atoms with van der Waals surface area (Å²) in [6, 6.07) is 0. The highest BCUT2D eigenvalue weighted by atomic mass is 14.1. The molecule has 0 rings (SSSR count). The number of allylic oxidation sites excluding steroid dienone is 4. The number of rotatable bonds is 13. The van der Waals surface area contributed by atoms with E-state index in [4.69, 9.17) is 12.8 Å². The molecule has 0 N–H and O–H groups in total. The third-order valence-corrected chi connectivity index (χ3v) is 4.09. The molecule has 0 heteroatoms. The summed E-state index contributed by atoms with van der Waals surface area (Å²) in [6.45, 7) is 4.60. The predicted octanol–water partition coefficient (Wildman–Crippen LogP) is 6.54. The van der Waals surface area contributed by atoms with Crippen LogP contribution in [0.2, 0.25) is 0 Å². The molecule has 2 unspecified atom stereocenters. The zero-order valence-corrected chi connectivity index (χ0v) is 14.7. The van der Waals surface area contributed by atoms with E-state index in [1.165, 1.54) is 51.4 Å². The van der Waals surface area contributed by atoms with E-state index in [1.54, 1.807) is 0 Å². The molecule has 0 heterocycles. The molecule has 22 heavy (non-hydrogen) atoms. The summed E-state index contributed by atoms with van der Waals surface area (Å²) in [5.41, 5.74) is 0. The number of unbranched alkanes of at least 4 members (excludes halogenated alkanes) is 8. The van der Waals surface area contributed by atoms with Gasteiger partial charge in [0, 0.05) is 12.8 Å². The smallest absolute Gasteiger partial charge is 0.00860 e. The van der Waals surface area contributed by atoms with Gasteiger partial charge in [0.25, 0.3) is 0 Å². The van der Waals surface area contributed by atoms with E-state index < -0.39 is 0 Å². The summed E-state index contributed by atoms with van der Waals surface area (Å²) < 4.78 is 0. The second kappa shape index (κ2) is 16.0. The van der Waals surface area contributed by atoms with Gasteiger partial charge in [0.1, 0.15) is 0 Å². The minimum Gasteiger partial charge on any atom is -0.120 e. The van der Waals surface area contributed by atoms with Gasteiger partial charge in [-0.3, -0.25) is 0 Å². The maximum atomic E-state index is 5.24. The second-order valence-corrected chi connectivity index (χ2v) is 6.18. The molecule has 122 valence electrons. The molecule has 0 aromatic rings. The van der Waals surface area contributed by atoms with Crippen molar-refractivity contribution >= 4 is 0 Å². The topological polar surface area (TPSA) is 0 Å². The van der Waals surface area contributed by atoms with E-state index in [2.05, 4.69) is 50.0 Å². The van der Waals surface area contributed by atoms with Crippen LogP contribution in [0.1, 0.15) is 78.1 Å². The van der Waals surface area contributed by atoms with Gasteiger partial charge < -0.3 is 0 Å². The number of hydrogen-bond acceptors (Lipinski definition) is 0. The summed E-state index contributed by atoms with van der Waals surface area (Å²) in [4.78, 5) is 0. The van der Waals surface area contributed by atoms with E-state index in [0.29, 0.717) is 11.8 Å². The van der Waals surface area contributed by atoms with Gasteiger partial charge in [-0.1, -0.05) is 51.0 Å². The highest BCUT2D eigenvalue weighted by Crippen LogP contribution is 2.16. The van der Waals surface area contributed by atoms with Crippen LogP contribution in [-0.2, 0) is 0 Å². The normalized spacial score (nSPS) is 14.0. The van der Waals surface area contributed by atoms with Gasteiger partial charge in [-0.15, -0.1) is 24.7 Å². The predicted molar refractivity (Wildman–Crippen MR) is 100 cm³/mol. The van der Waals surface area contributed by atoms with Crippen molar-refractivity contribution in [1.29, 1.82) is 0 Å². The average Bonchev–Trinajstić information content (AvgIpc) is 2.52. The maximum Gasteiger partial charge on any atom is 0.00860 e. The van der Waals surface area contributed by atoms with E-state index in [0.717, 1.165) is 12.8 Å². The molecule has 0 fully saturated rings. The van der Waals surface area contributed by atoms with Crippen molar-refractivity contribution in [3.8, 4) is 24.7 Å². The molecule has 0 aliphatic carbocycles. The van der Waals surface area contributed by atoms with Gasteiger partial charge in [-0.05, 0) is 50.4 Å². The fourth-order valence-electron chi connectivity index (χ4n) is 2.30. The highest BCUT2D eigenvalue weighted by molar-refractivity contribution is 4.96. The first kappa shape index (κ1) is 20.6. The third-order valence-electron chi connectivity index (χ3n) is 4.09. The van der Waals surface area contributed by atoms with Crippen molar-refractivity contribution < 1.29 is 0 Å². The summed E-state index contributed by atoms with van der Waals surface area (Å²) in [6.07, 6.45) is 31.4.